The lowest BCUT2D eigenvalue weighted by atomic mass is 10.1. The van der Waals surface area contributed by atoms with Crippen LogP contribution in [0.2, 0.25) is 0 Å². The number of carbonyl (C=O) groups excluding carboxylic acids is 1. The number of nitrogens with one attached hydrogen (secondary N) is 2. The molecule has 2 aliphatic carbocycles. The largest absolute Gasteiger partial charge is 0.397 e. The molecule has 0 unspecified atom stereocenters. The van der Waals surface area contributed by atoms with Crippen LogP contribution in [0, 0.1) is 0 Å². The van der Waals surface area contributed by atoms with E-state index in [0.717, 1.165) is 30.0 Å². The highest BCUT2D eigenvalue weighted by molar-refractivity contribution is 7.18. The van der Waals surface area contributed by atoms with Crippen LogP contribution >= 0.6 is 11.3 Å². The molecule has 0 radical (unpaired) electrons. The molecule has 3 rings (SSSR count). The van der Waals surface area contributed by atoms with Crippen LogP contribution in [0.15, 0.2) is 0 Å². The van der Waals surface area contributed by atoms with Crippen LogP contribution in [0.1, 0.15) is 46.8 Å². The van der Waals surface area contributed by atoms with Gasteiger partial charge in [-0.2, -0.15) is 0 Å². The number of carbonyl (C=O) groups is 1. The molecule has 0 spiro atoms. The van der Waals surface area contributed by atoms with E-state index in [1.165, 1.54) is 24.2 Å². The van der Waals surface area contributed by atoms with Gasteiger partial charge in [0, 0.05) is 25.3 Å². The van der Waals surface area contributed by atoms with Gasteiger partial charge in [-0.3, -0.25) is 4.79 Å². The standard InChI is InChI=1S/C14H21N3O2S/c1-19-7-6-16-14-10(8-2-3-8)11(15)12(20-14)13(18)17-9-4-5-9/h8-9,16H,2-7,15H2,1H3,(H,17,18). The molecule has 0 aliphatic heterocycles. The predicted octanol–water partition coefficient (Wildman–Crippen LogP) is 2.16. The molecule has 0 aromatic carbocycles. The third-order valence-electron chi connectivity index (χ3n) is 3.68. The average Bonchev–Trinajstić information content (AvgIpc) is 3.32. The van der Waals surface area contributed by atoms with Gasteiger partial charge in [0.05, 0.1) is 17.3 Å². The first-order chi connectivity index (χ1) is 9.70. The van der Waals surface area contributed by atoms with Crippen molar-refractivity contribution < 1.29 is 9.53 Å². The minimum absolute atomic E-state index is 0.0170. The maximum atomic E-state index is 12.2. The van der Waals surface area contributed by atoms with Crippen LogP contribution in [0.5, 0.6) is 0 Å². The van der Waals surface area contributed by atoms with Gasteiger partial charge in [-0.05, 0) is 31.6 Å². The molecule has 1 aromatic rings. The minimum Gasteiger partial charge on any atom is -0.397 e. The zero-order valence-electron chi connectivity index (χ0n) is 11.7. The van der Waals surface area contributed by atoms with Gasteiger partial charge >= 0.3 is 0 Å². The number of methoxy groups -OCH3 is 1. The molecule has 1 heterocycles. The van der Waals surface area contributed by atoms with Crippen LogP contribution in [-0.4, -0.2) is 32.2 Å². The maximum absolute atomic E-state index is 12.2. The number of thiophene rings is 1. The smallest absolute Gasteiger partial charge is 0.263 e. The van der Waals surface area contributed by atoms with E-state index in [4.69, 9.17) is 10.5 Å². The highest BCUT2D eigenvalue weighted by atomic mass is 32.1. The Hall–Kier alpha value is -1.27. The maximum Gasteiger partial charge on any atom is 0.263 e. The lowest BCUT2D eigenvalue weighted by Crippen LogP contribution is -2.25. The Morgan fingerprint density at radius 3 is 2.75 bits per heavy atom. The van der Waals surface area contributed by atoms with E-state index in [1.54, 1.807) is 7.11 Å². The zero-order valence-corrected chi connectivity index (χ0v) is 12.5. The summed E-state index contributed by atoms with van der Waals surface area (Å²) in [6, 6.07) is 0.360. The molecule has 1 aromatic heterocycles. The molecule has 5 nitrogen and oxygen atoms in total. The normalized spacial score (nSPS) is 18.1. The van der Waals surface area contributed by atoms with Crippen LogP contribution in [-0.2, 0) is 4.74 Å². The molecule has 0 atom stereocenters. The SMILES string of the molecule is COCCNc1sc(C(=O)NC2CC2)c(N)c1C1CC1. The summed E-state index contributed by atoms with van der Waals surface area (Å²) in [6.45, 7) is 1.38. The molecule has 0 saturated heterocycles. The molecule has 110 valence electrons. The molecular weight excluding hydrogens is 274 g/mol. The van der Waals surface area contributed by atoms with E-state index in [9.17, 15) is 4.79 Å². The van der Waals surface area contributed by atoms with Gasteiger partial charge in [0.2, 0.25) is 0 Å². The van der Waals surface area contributed by atoms with Gasteiger partial charge in [0.15, 0.2) is 0 Å². The Labute approximate surface area is 122 Å². The molecular formula is C14H21N3O2S. The number of rotatable bonds is 7. The van der Waals surface area contributed by atoms with Crippen molar-refractivity contribution in [1.29, 1.82) is 0 Å². The second-order valence-electron chi connectivity index (χ2n) is 5.53. The zero-order chi connectivity index (χ0) is 14.1. The van der Waals surface area contributed by atoms with E-state index in [2.05, 4.69) is 10.6 Å². The summed E-state index contributed by atoms with van der Waals surface area (Å²) in [5, 5.41) is 7.42. The molecule has 0 bridgehead atoms. The molecule has 20 heavy (non-hydrogen) atoms. The topological polar surface area (TPSA) is 76.4 Å². The van der Waals surface area contributed by atoms with E-state index in [0.29, 0.717) is 29.1 Å². The first kappa shape index (κ1) is 13.7. The van der Waals surface area contributed by atoms with Crippen molar-refractivity contribution >= 4 is 27.9 Å². The Balaban J connectivity index is 1.78. The Kier molecular flexibility index (Phi) is 3.85. The van der Waals surface area contributed by atoms with Gasteiger partial charge in [0.1, 0.15) is 4.88 Å². The fraction of sp³-hybridized carbons (Fsp3) is 0.643. The lowest BCUT2D eigenvalue weighted by Gasteiger charge is -2.06. The number of anilines is 2. The number of amides is 1. The van der Waals surface area contributed by atoms with Crippen molar-refractivity contribution in [1.82, 2.24) is 5.32 Å². The van der Waals surface area contributed by atoms with E-state index < -0.39 is 0 Å². The summed E-state index contributed by atoms with van der Waals surface area (Å²) < 4.78 is 5.06. The van der Waals surface area contributed by atoms with Gasteiger partial charge in [0.25, 0.3) is 5.91 Å². The molecule has 2 saturated carbocycles. The van der Waals surface area contributed by atoms with Crippen LogP contribution < -0.4 is 16.4 Å². The second kappa shape index (κ2) is 5.61. The molecule has 2 aliphatic rings. The molecule has 2 fully saturated rings. The third-order valence-corrected chi connectivity index (χ3v) is 4.86. The fourth-order valence-electron chi connectivity index (χ4n) is 2.28. The molecule has 1 amide bonds. The lowest BCUT2D eigenvalue weighted by molar-refractivity contribution is 0.0956. The van der Waals surface area contributed by atoms with E-state index in [1.807, 2.05) is 0 Å². The number of hydrogen-bond acceptors (Lipinski definition) is 5. The Morgan fingerprint density at radius 1 is 1.40 bits per heavy atom. The highest BCUT2D eigenvalue weighted by Gasteiger charge is 2.34. The second-order valence-corrected chi connectivity index (χ2v) is 6.55. The summed E-state index contributed by atoms with van der Waals surface area (Å²) in [5.41, 5.74) is 8.05. The van der Waals surface area contributed by atoms with Crippen LogP contribution in [0.4, 0.5) is 10.7 Å². The Morgan fingerprint density at radius 2 is 2.15 bits per heavy atom. The number of hydrogen-bond donors (Lipinski definition) is 3. The summed E-state index contributed by atoms with van der Waals surface area (Å²) >= 11 is 1.48. The summed E-state index contributed by atoms with van der Waals surface area (Å²) in [7, 11) is 1.68. The highest BCUT2D eigenvalue weighted by Crippen LogP contribution is 2.50. The Bertz CT molecular complexity index is 507. The summed E-state index contributed by atoms with van der Waals surface area (Å²) in [5.74, 6) is 0.510. The first-order valence-corrected chi connectivity index (χ1v) is 7.98. The summed E-state index contributed by atoms with van der Waals surface area (Å²) in [4.78, 5) is 12.9. The van der Waals surface area contributed by atoms with Gasteiger partial charge < -0.3 is 21.1 Å². The first-order valence-electron chi connectivity index (χ1n) is 7.16. The number of nitrogens with two attached hydrogens (primary N) is 1. The monoisotopic (exact) mass is 295 g/mol. The quantitative estimate of drug-likeness (QED) is 0.674. The van der Waals surface area contributed by atoms with E-state index >= 15 is 0 Å². The van der Waals surface area contributed by atoms with Crippen molar-refractivity contribution in [2.45, 2.75) is 37.6 Å². The van der Waals surface area contributed by atoms with Gasteiger partial charge in [-0.25, -0.2) is 0 Å². The minimum atomic E-state index is -0.0170. The van der Waals surface area contributed by atoms with Crippen LogP contribution in [0.25, 0.3) is 0 Å². The van der Waals surface area contributed by atoms with Crippen molar-refractivity contribution in [3.63, 3.8) is 0 Å². The molecule has 6 heteroatoms. The van der Waals surface area contributed by atoms with Crippen molar-refractivity contribution in [3.8, 4) is 0 Å². The van der Waals surface area contributed by atoms with Crippen LogP contribution in [0.3, 0.4) is 0 Å². The summed E-state index contributed by atoms with van der Waals surface area (Å²) in [6.07, 6.45) is 4.52. The fourth-order valence-corrected chi connectivity index (χ4v) is 3.42. The van der Waals surface area contributed by atoms with Crippen molar-refractivity contribution in [2.24, 2.45) is 0 Å². The van der Waals surface area contributed by atoms with Crippen molar-refractivity contribution in [2.75, 3.05) is 31.3 Å². The van der Waals surface area contributed by atoms with Crippen molar-refractivity contribution in [3.05, 3.63) is 10.4 Å². The number of ether oxygens (including phenoxy) is 1. The van der Waals surface area contributed by atoms with Gasteiger partial charge in [-0.15, -0.1) is 11.3 Å². The number of nitrogen functional groups attached to an aromatic ring is 1. The van der Waals surface area contributed by atoms with E-state index in [-0.39, 0.29) is 5.91 Å². The van der Waals surface area contributed by atoms with Gasteiger partial charge in [-0.1, -0.05) is 0 Å². The molecule has 4 N–H and O–H groups in total. The third kappa shape index (κ3) is 2.91. The average molecular weight is 295 g/mol. The predicted molar refractivity (Wildman–Crippen MR) is 81.6 cm³/mol.